The first-order valence-corrected chi connectivity index (χ1v) is 17.2. The molecule has 4 N–H and O–H groups in total. The number of hydrogen-bond acceptors (Lipinski definition) is 8. The predicted octanol–water partition coefficient (Wildman–Crippen LogP) is 4.62. The molecule has 4 amide bonds. The lowest BCUT2D eigenvalue weighted by Crippen LogP contribution is -2.60. The Hall–Kier alpha value is -4.27. The van der Waals surface area contributed by atoms with Crippen molar-refractivity contribution in [3.63, 3.8) is 0 Å². The van der Waals surface area contributed by atoms with Gasteiger partial charge in [-0.15, -0.1) is 11.3 Å². The van der Waals surface area contributed by atoms with Crippen molar-refractivity contribution < 1.29 is 42.6 Å². The Morgan fingerprint density at radius 1 is 1.16 bits per heavy atom. The molecule has 266 valence electrons. The summed E-state index contributed by atoms with van der Waals surface area (Å²) < 4.78 is 32.5. The quantitative estimate of drug-likeness (QED) is 0.186. The van der Waals surface area contributed by atoms with Gasteiger partial charge in [-0.25, -0.2) is 18.4 Å². The Balaban J connectivity index is 1.38. The highest BCUT2D eigenvalue weighted by Gasteiger charge is 2.66. The van der Waals surface area contributed by atoms with Gasteiger partial charge >= 0.3 is 12.0 Å². The summed E-state index contributed by atoms with van der Waals surface area (Å²) in [6, 6.07) is 6.53. The lowest BCUT2D eigenvalue weighted by Gasteiger charge is -2.35. The molecule has 1 aromatic carbocycles. The van der Waals surface area contributed by atoms with Gasteiger partial charge in [-0.2, -0.15) is 0 Å². The van der Waals surface area contributed by atoms with E-state index in [2.05, 4.69) is 21.1 Å². The van der Waals surface area contributed by atoms with E-state index in [1.807, 2.05) is 29.6 Å². The minimum atomic E-state index is -2.95. The summed E-state index contributed by atoms with van der Waals surface area (Å²) in [4.78, 5) is 61.0. The molecule has 0 unspecified atom stereocenters. The second-order valence-electron chi connectivity index (χ2n) is 13.9. The molecule has 1 aromatic heterocycles. The number of amides is 4. The summed E-state index contributed by atoms with van der Waals surface area (Å²) >= 11 is 1.54. The van der Waals surface area contributed by atoms with Gasteiger partial charge in [0, 0.05) is 28.5 Å². The molecule has 0 radical (unpaired) electrons. The van der Waals surface area contributed by atoms with Crippen LogP contribution in [0.2, 0.25) is 0 Å². The molecule has 12 nitrogen and oxygen atoms in total. The minimum Gasteiger partial charge on any atom is -0.497 e. The number of carbonyl (C=O) groups excluding carboxylic acids is 3. The van der Waals surface area contributed by atoms with Crippen LogP contribution in [-0.4, -0.2) is 89.9 Å². The highest BCUT2D eigenvalue weighted by Crippen LogP contribution is 2.48. The number of carboxylic acid groups (broad SMARTS) is 1. The number of likely N-dealkylation sites (tertiary alicyclic amines) is 1. The Morgan fingerprint density at radius 2 is 1.90 bits per heavy atom. The number of benzene rings is 1. The Kier molecular flexibility index (Phi) is 10.8. The van der Waals surface area contributed by atoms with E-state index >= 15 is 0 Å². The maximum absolute atomic E-state index is 14.2. The van der Waals surface area contributed by atoms with Gasteiger partial charge in [0.05, 0.1) is 25.8 Å². The topological polar surface area (TPSA) is 159 Å². The van der Waals surface area contributed by atoms with Crippen molar-refractivity contribution >= 4 is 41.4 Å². The standard InChI is InChI=1S/C34H43F2N5O7S/c1-33(2,3)27(39-32(46)38-20-8-5-6-9-20)30(43)41-18-22(15-25(41)29(42)40-34(31(44)45)16-24(34)28(35)36)48-37-17-19-14-21(47-4)11-12-23(19)26-10-7-13-49-26/h7,10-14,17,20,22,24-25,27-28H,5-6,8-9,15-16,18H2,1-4H3,(H,40,42)(H,44,45)(H2,38,39,46)/b37-17+/t22-,24+,25+,27-,34+/m1/s1. The van der Waals surface area contributed by atoms with Crippen LogP contribution in [0, 0.1) is 11.3 Å². The second-order valence-corrected chi connectivity index (χ2v) is 14.9. The molecule has 2 saturated carbocycles. The largest absolute Gasteiger partial charge is 0.497 e. The van der Waals surface area contributed by atoms with Crippen LogP contribution in [0.1, 0.15) is 64.9 Å². The zero-order valence-electron chi connectivity index (χ0n) is 27.9. The van der Waals surface area contributed by atoms with Gasteiger partial charge in [0.2, 0.25) is 18.2 Å². The Bertz CT molecular complexity index is 1560. The number of methoxy groups -OCH3 is 1. The number of nitrogens with one attached hydrogen (secondary N) is 3. The Morgan fingerprint density at radius 3 is 2.49 bits per heavy atom. The van der Waals surface area contributed by atoms with Crippen LogP contribution in [0.5, 0.6) is 5.75 Å². The van der Waals surface area contributed by atoms with Crippen LogP contribution in [0.15, 0.2) is 40.9 Å². The zero-order chi connectivity index (χ0) is 35.5. The molecule has 1 saturated heterocycles. The molecule has 0 bridgehead atoms. The summed E-state index contributed by atoms with van der Waals surface area (Å²) in [6.07, 6.45) is 0.882. The molecule has 0 spiro atoms. The number of rotatable bonds is 12. The van der Waals surface area contributed by atoms with E-state index in [-0.39, 0.29) is 19.0 Å². The normalized spacial score (nSPS) is 24.6. The highest BCUT2D eigenvalue weighted by molar-refractivity contribution is 7.13. The van der Waals surface area contributed by atoms with Gasteiger partial charge in [0.1, 0.15) is 29.5 Å². The first kappa shape index (κ1) is 36.0. The number of halogens is 2. The minimum absolute atomic E-state index is 0.00452. The van der Waals surface area contributed by atoms with E-state index in [0.717, 1.165) is 36.1 Å². The molecule has 3 fully saturated rings. The van der Waals surface area contributed by atoms with E-state index in [4.69, 9.17) is 9.57 Å². The number of carboxylic acids is 1. The van der Waals surface area contributed by atoms with Crippen molar-refractivity contribution in [1.29, 1.82) is 0 Å². The third-order valence-electron chi connectivity index (χ3n) is 9.42. The number of ether oxygens (including phenoxy) is 1. The van der Waals surface area contributed by atoms with Crippen molar-refractivity contribution in [2.45, 2.75) is 95.5 Å². The van der Waals surface area contributed by atoms with Gasteiger partial charge in [0.25, 0.3) is 0 Å². The number of urea groups is 1. The SMILES string of the molecule is COc1ccc(-c2cccs2)c(/C=N/O[C@@H]2C[C@@H](C(=O)N[C@@]3(C(=O)O)C[C@H]3C(F)F)N(C(=O)[C@@H](NC(=O)NC3CCCC3)C(C)(C)C)C2)c1. The number of oxime groups is 1. The number of alkyl halides is 2. The average Bonchev–Trinajstić information content (AvgIpc) is 3.50. The van der Waals surface area contributed by atoms with Gasteiger partial charge < -0.3 is 35.5 Å². The van der Waals surface area contributed by atoms with Crippen molar-refractivity contribution in [1.82, 2.24) is 20.9 Å². The fraction of sp³-hybridized carbons (Fsp3) is 0.559. The first-order chi connectivity index (χ1) is 23.2. The highest BCUT2D eigenvalue weighted by atomic mass is 32.1. The number of carbonyl (C=O) groups is 4. The van der Waals surface area contributed by atoms with Crippen LogP contribution >= 0.6 is 11.3 Å². The van der Waals surface area contributed by atoms with E-state index in [1.54, 1.807) is 45.3 Å². The van der Waals surface area contributed by atoms with Crippen LogP contribution in [-0.2, 0) is 19.2 Å². The summed E-state index contributed by atoms with van der Waals surface area (Å²) in [5, 5.41) is 23.9. The summed E-state index contributed by atoms with van der Waals surface area (Å²) in [5.74, 6) is -4.02. The first-order valence-electron chi connectivity index (χ1n) is 16.4. The van der Waals surface area contributed by atoms with E-state index in [9.17, 15) is 33.1 Å². The third-order valence-corrected chi connectivity index (χ3v) is 10.3. The third kappa shape index (κ3) is 8.14. The fourth-order valence-corrected chi connectivity index (χ4v) is 7.32. The van der Waals surface area contributed by atoms with Gasteiger partial charge in [-0.05, 0) is 54.3 Å². The maximum atomic E-state index is 14.2. The van der Waals surface area contributed by atoms with Crippen molar-refractivity contribution in [2.24, 2.45) is 16.5 Å². The lowest BCUT2D eigenvalue weighted by molar-refractivity contribution is -0.147. The van der Waals surface area contributed by atoms with Crippen molar-refractivity contribution in [3.8, 4) is 16.2 Å². The second kappa shape index (κ2) is 14.7. The van der Waals surface area contributed by atoms with E-state index in [1.165, 1.54) is 11.1 Å². The molecule has 5 rings (SSSR count). The van der Waals surface area contributed by atoms with E-state index < -0.39 is 71.7 Å². The maximum Gasteiger partial charge on any atom is 0.329 e. The number of hydrogen-bond donors (Lipinski definition) is 4. The van der Waals surface area contributed by atoms with Gasteiger partial charge in [-0.3, -0.25) is 9.59 Å². The molecular formula is C34H43F2N5O7S. The predicted molar refractivity (Wildman–Crippen MR) is 179 cm³/mol. The van der Waals surface area contributed by atoms with Crippen LogP contribution in [0.4, 0.5) is 13.6 Å². The van der Waals surface area contributed by atoms with Gasteiger partial charge in [0.15, 0.2) is 0 Å². The summed E-state index contributed by atoms with van der Waals surface area (Å²) in [7, 11) is 1.55. The summed E-state index contributed by atoms with van der Waals surface area (Å²) in [6.45, 7) is 5.18. The monoisotopic (exact) mass is 703 g/mol. The van der Waals surface area contributed by atoms with Crippen molar-refractivity contribution in [3.05, 3.63) is 41.3 Å². The van der Waals surface area contributed by atoms with Crippen LogP contribution < -0.4 is 20.7 Å². The molecule has 1 aliphatic heterocycles. The number of aliphatic carboxylic acids is 1. The van der Waals surface area contributed by atoms with Gasteiger partial charge in [-0.1, -0.05) is 44.8 Å². The lowest BCUT2D eigenvalue weighted by atomic mass is 9.85. The molecule has 5 atom stereocenters. The molecule has 2 aliphatic carbocycles. The van der Waals surface area contributed by atoms with Crippen LogP contribution in [0.3, 0.4) is 0 Å². The van der Waals surface area contributed by atoms with Crippen LogP contribution in [0.25, 0.3) is 10.4 Å². The smallest absolute Gasteiger partial charge is 0.329 e. The molecule has 3 aliphatic rings. The Labute approximate surface area is 287 Å². The number of thiophene rings is 1. The molecule has 49 heavy (non-hydrogen) atoms. The number of nitrogens with zero attached hydrogens (tertiary/aromatic N) is 2. The summed E-state index contributed by atoms with van der Waals surface area (Å²) in [5.41, 5.74) is -1.35. The molecule has 2 aromatic rings. The molecule has 2 heterocycles. The average molecular weight is 704 g/mol. The molecule has 15 heteroatoms. The molecular weight excluding hydrogens is 660 g/mol. The van der Waals surface area contributed by atoms with E-state index in [0.29, 0.717) is 11.3 Å². The zero-order valence-corrected chi connectivity index (χ0v) is 28.7. The fourth-order valence-electron chi connectivity index (χ4n) is 6.55. The van der Waals surface area contributed by atoms with Crippen molar-refractivity contribution in [2.75, 3.05) is 13.7 Å².